The van der Waals surface area contributed by atoms with Gasteiger partial charge in [-0.25, -0.2) is 17.2 Å². The molecule has 0 saturated carbocycles. The Balaban J connectivity index is 1.62. The number of ether oxygens (including phenoxy) is 1. The van der Waals surface area contributed by atoms with Crippen LogP contribution >= 0.6 is 11.8 Å². The van der Waals surface area contributed by atoms with Gasteiger partial charge in [0.15, 0.2) is 11.6 Å². The Kier molecular flexibility index (Phi) is 6.89. The first kappa shape index (κ1) is 21.7. The molecule has 1 saturated heterocycles. The lowest BCUT2D eigenvalue weighted by Gasteiger charge is -2.26. The number of carbonyl (C=O) groups is 1. The van der Waals surface area contributed by atoms with E-state index in [1.807, 2.05) is 0 Å². The maximum atomic E-state index is 13.3. The zero-order chi connectivity index (χ0) is 21.0. The van der Waals surface area contributed by atoms with Gasteiger partial charge in [0.2, 0.25) is 15.9 Å². The number of nitrogens with one attached hydrogen (secondary N) is 1. The summed E-state index contributed by atoms with van der Waals surface area (Å²) in [6.07, 6.45) is 0. The van der Waals surface area contributed by atoms with Crippen molar-refractivity contribution in [3.05, 3.63) is 54.1 Å². The van der Waals surface area contributed by atoms with Crippen LogP contribution in [0.1, 0.15) is 6.92 Å². The van der Waals surface area contributed by atoms with Crippen molar-refractivity contribution in [2.75, 3.05) is 31.6 Å². The Morgan fingerprint density at radius 1 is 1.10 bits per heavy atom. The molecular weight excluding hydrogens is 422 g/mol. The van der Waals surface area contributed by atoms with Gasteiger partial charge in [-0.05, 0) is 49.4 Å². The van der Waals surface area contributed by atoms with E-state index < -0.39 is 26.9 Å². The standard InChI is InChI=1S/C19H20F2N2O4S2/c1-13(28-15-4-7-17(20)18(21)12-15)19(24)22-14-2-5-16(6-3-14)29(25,26)23-8-10-27-11-9-23/h2-7,12-13H,8-11H2,1H3,(H,22,24)/t13-/m1/s1. The average Bonchev–Trinajstić information content (AvgIpc) is 2.72. The van der Waals surface area contributed by atoms with Crippen LogP contribution in [-0.2, 0) is 19.6 Å². The second kappa shape index (κ2) is 9.21. The van der Waals surface area contributed by atoms with E-state index in [1.165, 1.54) is 34.6 Å². The number of benzene rings is 2. The van der Waals surface area contributed by atoms with Gasteiger partial charge in [0.05, 0.1) is 23.4 Å². The van der Waals surface area contributed by atoms with Crippen molar-refractivity contribution in [2.24, 2.45) is 0 Å². The van der Waals surface area contributed by atoms with E-state index in [2.05, 4.69) is 5.32 Å². The molecule has 2 aromatic carbocycles. The van der Waals surface area contributed by atoms with Crippen LogP contribution in [0.3, 0.4) is 0 Å². The predicted octanol–water partition coefficient (Wildman–Crippen LogP) is 3.11. The largest absolute Gasteiger partial charge is 0.379 e. The fraction of sp³-hybridized carbons (Fsp3) is 0.316. The van der Waals surface area contributed by atoms with Crippen molar-refractivity contribution in [1.82, 2.24) is 4.31 Å². The number of carbonyl (C=O) groups excluding carboxylic acids is 1. The Labute approximate surface area is 172 Å². The SMILES string of the molecule is C[C@@H](Sc1ccc(F)c(F)c1)C(=O)Nc1ccc(S(=O)(=O)N2CCOCC2)cc1. The highest BCUT2D eigenvalue weighted by Gasteiger charge is 2.26. The quantitative estimate of drug-likeness (QED) is 0.696. The van der Waals surface area contributed by atoms with Crippen LogP contribution in [0.4, 0.5) is 14.5 Å². The van der Waals surface area contributed by atoms with E-state index in [4.69, 9.17) is 4.74 Å². The molecule has 1 fully saturated rings. The van der Waals surface area contributed by atoms with Gasteiger partial charge in [-0.3, -0.25) is 4.79 Å². The summed E-state index contributed by atoms with van der Waals surface area (Å²) in [5.74, 6) is -2.26. The first-order valence-corrected chi connectivity index (χ1v) is 11.2. The molecule has 0 aromatic heterocycles. The minimum absolute atomic E-state index is 0.140. The lowest BCUT2D eigenvalue weighted by Crippen LogP contribution is -2.40. The van der Waals surface area contributed by atoms with E-state index in [0.717, 1.165) is 23.9 Å². The number of anilines is 1. The normalized spacial score (nSPS) is 16.4. The second-order valence-electron chi connectivity index (χ2n) is 6.37. The Morgan fingerprint density at radius 3 is 2.38 bits per heavy atom. The fourth-order valence-electron chi connectivity index (χ4n) is 2.70. The molecular formula is C19H20F2N2O4S2. The van der Waals surface area contributed by atoms with Crippen molar-refractivity contribution < 1.29 is 26.7 Å². The highest BCUT2D eigenvalue weighted by atomic mass is 32.2. The van der Waals surface area contributed by atoms with E-state index >= 15 is 0 Å². The number of sulfonamides is 1. The van der Waals surface area contributed by atoms with E-state index in [0.29, 0.717) is 36.9 Å². The van der Waals surface area contributed by atoms with Crippen LogP contribution < -0.4 is 5.32 Å². The smallest absolute Gasteiger partial charge is 0.243 e. The number of morpholine rings is 1. The predicted molar refractivity (Wildman–Crippen MR) is 106 cm³/mol. The molecule has 1 amide bonds. The molecule has 0 spiro atoms. The van der Waals surface area contributed by atoms with Gasteiger partial charge >= 0.3 is 0 Å². The number of hydrogen-bond acceptors (Lipinski definition) is 5. The Hall–Kier alpha value is -2.01. The van der Waals surface area contributed by atoms with Gasteiger partial charge < -0.3 is 10.1 Å². The molecule has 0 bridgehead atoms. The van der Waals surface area contributed by atoms with E-state index in [-0.39, 0.29) is 10.8 Å². The zero-order valence-electron chi connectivity index (χ0n) is 15.6. The summed E-state index contributed by atoms with van der Waals surface area (Å²) in [5, 5.41) is 2.12. The molecule has 1 aliphatic rings. The highest BCUT2D eigenvalue weighted by Crippen LogP contribution is 2.26. The second-order valence-corrected chi connectivity index (χ2v) is 9.72. The highest BCUT2D eigenvalue weighted by molar-refractivity contribution is 8.00. The molecule has 0 unspecified atom stereocenters. The number of amides is 1. The summed E-state index contributed by atoms with van der Waals surface area (Å²) in [7, 11) is -3.60. The van der Waals surface area contributed by atoms with Crippen molar-refractivity contribution in [1.29, 1.82) is 0 Å². The third-order valence-corrected chi connectivity index (χ3v) is 7.31. The van der Waals surface area contributed by atoms with Gasteiger partial charge in [0, 0.05) is 23.7 Å². The van der Waals surface area contributed by atoms with Gasteiger partial charge in [0.1, 0.15) is 0 Å². The monoisotopic (exact) mass is 442 g/mol. The lowest BCUT2D eigenvalue weighted by atomic mass is 10.3. The summed E-state index contributed by atoms with van der Waals surface area (Å²) in [6.45, 7) is 2.97. The third kappa shape index (κ3) is 5.33. The van der Waals surface area contributed by atoms with Crippen molar-refractivity contribution in [2.45, 2.75) is 22.0 Å². The Morgan fingerprint density at radius 2 is 1.76 bits per heavy atom. The lowest BCUT2D eigenvalue weighted by molar-refractivity contribution is -0.115. The number of thioether (sulfide) groups is 1. The van der Waals surface area contributed by atoms with Gasteiger partial charge in [0.25, 0.3) is 0 Å². The van der Waals surface area contributed by atoms with Crippen LogP contribution in [0.5, 0.6) is 0 Å². The van der Waals surface area contributed by atoms with Crippen molar-refractivity contribution >= 4 is 33.4 Å². The molecule has 29 heavy (non-hydrogen) atoms. The molecule has 1 N–H and O–H groups in total. The van der Waals surface area contributed by atoms with Crippen LogP contribution in [0.25, 0.3) is 0 Å². The number of rotatable bonds is 6. The van der Waals surface area contributed by atoms with Crippen LogP contribution in [0.2, 0.25) is 0 Å². The third-order valence-electron chi connectivity index (χ3n) is 4.30. The molecule has 1 heterocycles. The van der Waals surface area contributed by atoms with Crippen LogP contribution in [-0.4, -0.2) is 50.2 Å². The molecule has 1 atom stereocenters. The topological polar surface area (TPSA) is 75.7 Å². The molecule has 0 aliphatic carbocycles. The maximum Gasteiger partial charge on any atom is 0.243 e. The molecule has 3 rings (SSSR count). The van der Waals surface area contributed by atoms with Crippen LogP contribution in [0.15, 0.2) is 52.3 Å². The summed E-state index contributed by atoms with van der Waals surface area (Å²) < 4.78 is 58.1. The average molecular weight is 443 g/mol. The first-order chi connectivity index (χ1) is 13.8. The molecule has 10 heteroatoms. The van der Waals surface area contributed by atoms with Gasteiger partial charge in [-0.2, -0.15) is 4.31 Å². The maximum absolute atomic E-state index is 13.3. The van der Waals surface area contributed by atoms with Gasteiger partial charge in [-0.15, -0.1) is 11.8 Å². The molecule has 6 nitrogen and oxygen atoms in total. The number of nitrogens with zero attached hydrogens (tertiary/aromatic N) is 1. The van der Waals surface area contributed by atoms with E-state index in [1.54, 1.807) is 6.92 Å². The fourth-order valence-corrected chi connectivity index (χ4v) is 5.00. The molecule has 156 valence electrons. The van der Waals surface area contributed by atoms with Crippen LogP contribution in [0, 0.1) is 11.6 Å². The molecule has 1 aliphatic heterocycles. The zero-order valence-corrected chi connectivity index (χ0v) is 17.2. The molecule has 0 radical (unpaired) electrons. The van der Waals surface area contributed by atoms with Gasteiger partial charge in [-0.1, -0.05) is 0 Å². The number of halogens is 2. The first-order valence-electron chi connectivity index (χ1n) is 8.88. The van der Waals surface area contributed by atoms with Crippen molar-refractivity contribution in [3.8, 4) is 0 Å². The summed E-state index contributed by atoms with van der Waals surface area (Å²) in [4.78, 5) is 12.9. The number of hydrogen-bond donors (Lipinski definition) is 1. The Bertz CT molecular complexity index is 978. The van der Waals surface area contributed by atoms with E-state index in [9.17, 15) is 22.0 Å². The molecule has 2 aromatic rings. The van der Waals surface area contributed by atoms with Crippen molar-refractivity contribution in [3.63, 3.8) is 0 Å². The minimum atomic E-state index is -3.60. The summed E-state index contributed by atoms with van der Waals surface area (Å²) in [5.41, 5.74) is 0.439. The summed E-state index contributed by atoms with van der Waals surface area (Å²) >= 11 is 1.09. The minimum Gasteiger partial charge on any atom is -0.379 e. The summed E-state index contributed by atoms with van der Waals surface area (Å²) in [6, 6.07) is 9.35.